The Labute approximate surface area is 160 Å². The van der Waals surface area contributed by atoms with E-state index in [1.54, 1.807) is 0 Å². The van der Waals surface area contributed by atoms with E-state index in [1.807, 2.05) is 6.07 Å². The number of aromatic nitrogens is 2. The number of carbonyl (C=O) groups is 1. The largest absolute Gasteiger partial charge is 0.354 e. The zero-order chi connectivity index (χ0) is 18.5. The lowest BCUT2D eigenvalue weighted by atomic mass is 9.85. The van der Waals surface area contributed by atoms with E-state index < -0.39 is 0 Å². The van der Waals surface area contributed by atoms with Gasteiger partial charge in [0.05, 0.1) is 6.04 Å². The van der Waals surface area contributed by atoms with Crippen LogP contribution >= 0.6 is 0 Å². The molecule has 0 spiro atoms. The molecule has 1 amide bonds. The van der Waals surface area contributed by atoms with Gasteiger partial charge in [0, 0.05) is 25.4 Å². The Morgan fingerprint density at radius 2 is 2.00 bits per heavy atom. The van der Waals surface area contributed by atoms with Gasteiger partial charge in [0.2, 0.25) is 11.8 Å². The van der Waals surface area contributed by atoms with Crippen LogP contribution in [0.15, 0.2) is 34.9 Å². The van der Waals surface area contributed by atoms with Crippen LogP contribution in [0.5, 0.6) is 0 Å². The molecule has 1 aliphatic heterocycles. The number of likely N-dealkylation sites (tertiary alicyclic amines) is 1. The van der Waals surface area contributed by atoms with Gasteiger partial charge in [-0.15, -0.1) is 0 Å². The third-order valence-corrected chi connectivity index (χ3v) is 5.73. The number of carbonyl (C=O) groups excluding carboxylic acids is 1. The number of piperidine rings is 1. The highest BCUT2D eigenvalue weighted by molar-refractivity contribution is 5.81. The van der Waals surface area contributed by atoms with Gasteiger partial charge in [-0.3, -0.25) is 9.69 Å². The molecule has 2 heterocycles. The molecule has 1 saturated carbocycles. The van der Waals surface area contributed by atoms with Crippen LogP contribution in [-0.4, -0.2) is 40.1 Å². The van der Waals surface area contributed by atoms with Crippen LogP contribution in [0.2, 0.25) is 0 Å². The summed E-state index contributed by atoms with van der Waals surface area (Å²) in [5.74, 6) is 2.04. The van der Waals surface area contributed by atoms with E-state index in [0.717, 1.165) is 51.1 Å². The minimum absolute atomic E-state index is 0.0465. The molecule has 2 fully saturated rings. The molecule has 0 unspecified atom stereocenters. The molecule has 2 aliphatic rings. The molecule has 0 radical (unpaired) electrons. The Morgan fingerprint density at radius 1 is 1.15 bits per heavy atom. The quantitative estimate of drug-likeness (QED) is 0.813. The molecule has 1 saturated heterocycles. The predicted molar refractivity (Wildman–Crippen MR) is 102 cm³/mol. The van der Waals surface area contributed by atoms with Crippen molar-refractivity contribution in [2.24, 2.45) is 0 Å². The zero-order valence-corrected chi connectivity index (χ0v) is 15.8. The molecule has 6 nitrogen and oxygen atoms in total. The average Bonchev–Trinajstić information content (AvgIpc) is 3.09. The van der Waals surface area contributed by atoms with Gasteiger partial charge in [-0.2, -0.15) is 4.98 Å². The second kappa shape index (κ2) is 8.65. The second-order valence-electron chi connectivity index (χ2n) is 7.69. The fourth-order valence-corrected chi connectivity index (χ4v) is 3.90. The fraction of sp³-hybridized carbons (Fsp3) is 0.571. The van der Waals surface area contributed by atoms with Crippen LogP contribution in [-0.2, 0) is 17.8 Å². The van der Waals surface area contributed by atoms with Crippen LogP contribution in [0.4, 0.5) is 0 Å². The summed E-state index contributed by atoms with van der Waals surface area (Å²) in [7, 11) is 0. The molecule has 1 atom stereocenters. The Hall–Kier alpha value is -2.21. The molecular weight excluding hydrogens is 340 g/mol. The molecule has 1 aliphatic carbocycles. The SMILES string of the molecule is O=C(NCCc1noc(C2CCC2)n1)[C@@H]1CCCCN1Cc1ccccc1. The van der Waals surface area contributed by atoms with Gasteiger partial charge < -0.3 is 9.84 Å². The van der Waals surface area contributed by atoms with E-state index >= 15 is 0 Å². The summed E-state index contributed by atoms with van der Waals surface area (Å²) < 4.78 is 5.34. The van der Waals surface area contributed by atoms with E-state index in [0.29, 0.717) is 24.7 Å². The Morgan fingerprint density at radius 3 is 2.78 bits per heavy atom. The molecule has 1 N–H and O–H groups in total. The molecule has 27 heavy (non-hydrogen) atoms. The highest BCUT2D eigenvalue weighted by Crippen LogP contribution is 2.35. The maximum absolute atomic E-state index is 12.7. The Kier molecular flexibility index (Phi) is 5.82. The normalized spacial score (nSPS) is 21.0. The number of hydrogen-bond donors (Lipinski definition) is 1. The van der Waals surface area contributed by atoms with Crippen LogP contribution in [0.25, 0.3) is 0 Å². The van der Waals surface area contributed by atoms with Crippen LogP contribution < -0.4 is 5.32 Å². The summed E-state index contributed by atoms with van der Waals surface area (Å²) in [5.41, 5.74) is 1.26. The van der Waals surface area contributed by atoms with Gasteiger partial charge in [-0.25, -0.2) is 0 Å². The van der Waals surface area contributed by atoms with Crippen molar-refractivity contribution < 1.29 is 9.32 Å². The average molecular weight is 368 g/mol. The van der Waals surface area contributed by atoms with Gasteiger partial charge in [-0.1, -0.05) is 48.3 Å². The first-order valence-corrected chi connectivity index (χ1v) is 10.2. The molecule has 1 aromatic heterocycles. The van der Waals surface area contributed by atoms with Crippen LogP contribution in [0.1, 0.15) is 61.7 Å². The number of nitrogens with zero attached hydrogens (tertiary/aromatic N) is 3. The first-order chi connectivity index (χ1) is 13.3. The summed E-state index contributed by atoms with van der Waals surface area (Å²) in [4.78, 5) is 19.5. The smallest absolute Gasteiger partial charge is 0.237 e. The molecule has 144 valence electrons. The predicted octanol–water partition coefficient (Wildman–Crippen LogP) is 3.05. The molecular formula is C21H28N4O2. The summed E-state index contributed by atoms with van der Waals surface area (Å²) >= 11 is 0. The molecule has 6 heteroatoms. The lowest BCUT2D eigenvalue weighted by Gasteiger charge is -2.34. The zero-order valence-electron chi connectivity index (χ0n) is 15.8. The minimum Gasteiger partial charge on any atom is -0.354 e. The lowest BCUT2D eigenvalue weighted by molar-refractivity contribution is -0.127. The topological polar surface area (TPSA) is 71.3 Å². The van der Waals surface area contributed by atoms with Gasteiger partial charge in [0.25, 0.3) is 0 Å². The van der Waals surface area contributed by atoms with Crippen molar-refractivity contribution in [3.8, 4) is 0 Å². The summed E-state index contributed by atoms with van der Waals surface area (Å²) in [6, 6.07) is 10.3. The Bertz CT molecular complexity index is 742. The van der Waals surface area contributed by atoms with Crippen molar-refractivity contribution in [1.82, 2.24) is 20.4 Å². The minimum atomic E-state index is -0.0465. The number of rotatable bonds is 7. The number of amides is 1. The summed E-state index contributed by atoms with van der Waals surface area (Å²) in [6.45, 7) is 2.36. The summed E-state index contributed by atoms with van der Waals surface area (Å²) in [5, 5.41) is 7.13. The van der Waals surface area contributed by atoms with E-state index in [4.69, 9.17) is 4.52 Å². The number of benzene rings is 1. The number of nitrogens with one attached hydrogen (secondary N) is 1. The van der Waals surface area contributed by atoms with Crippen molar-refractivity contribution in [2.75, 3.05) is 13.1 Å². The van der Waals surface area contributed by atoms with Crippen molar-refractivity contribution in [3.05, 3.63) is 47.6 Å². The standard InChI is InChI=1S/C21H28N4O2/c26-20(22-13-12-19-23-21(27-24-19)17-9-6-10-17)18-11-4-5-14-25(18)15-16-7-2-1-3-8-16/h1-3,7-8,17-18H,4-6,9-15H2,(H,22,26)/t18-/m0/s1. The van der Waals surface area contributed by atoms with Crippen LogP contribution in [0.3, 0.4) is 0 Å². The fourth-order valence-electron chi connectivity index (χ4n) is 3.90. The maximum atomic E-state index is 12.7. The van der Waals surface area contributed by atoms with Crippen molar-refractivity contribution in [1.29, 1.82) is 0 Å². The van der Waals surface area contributed by atoms with Gasteiger partial charge >= 0.3 is 0 Å². The van der Waals surface area contributed by atoms with Crippen molar-refractivity contribution >= 4 is 5.91 Å². The van der Waals surface area contributed by atoms with E-state index in [2.05, 4.69) is 44.6 Å². The lowest BCUT2D eigenvalue weighted by Crippen LogP contribution is -2.49. The van der Waals surface area contributed by atoms with Gasteiger partial charge in [0.15, 0.2) is 5.82 Å². The van der Waals surface area contributed by atoms with Crippen LogP contribution in [0, 0.1) is 0 Å². The van der Waals surface area contributed by atoms with E-state index in [9.17, 15) is 4.79 Å². The molecule has 2 aromatic rings. The monoisotopic (exact) mass is 368 g/mol. The summed E-state index contributed by atoms with van der Waals surface area (Å²) in [6.07, 6.45) is 7.36. The highest BCUT2D eigenvalue weighted by atomic mass is 16.5. The highest BCUT2D eigenvalue weighted by Gasteiger charge is 2.29. The van der Waals surface area contributed by atoms with Gasteiger partial charge in [-0.05, 0) is 37.8 Å². The number of hydrogen-bond acceptors (Lipinski definition) is 5. The molecule has 4 rings (SSSR count). The molecule has 1 aromatic carbocycles. The first-order valence-electron chi connectivity index (χ1n) is 10.2. The third kappa shape index (κ3) is 4.56. The second-order valence-corrected chi connectivity index (χ2v) is 7.69. The molecule has 0 bridgehead atoms. The van der Waals surface area contributed by atoms with Crippen molar-refractivity contribution in [3.63, 3.8) is 0 Å². The van der Waals surface area contributed by atoms with E-state index in [1.165, 1.54) is 12.0 Å². The van der Waals surface area contributed by atoms with Crippen molar-refractivity contribution in [2.45, 2.75) is 63.5 Å². The maximum Gasteiger partial charge on any atom is 0.237 e. The van der Waals surface area contributed by atoms with E-state index in [-0.39, 0.29) is 11.9 Å². The Balaban J connectivity index is 1.27. The third-order valence-electron chi connectivity index (χ3n) is 5.73. The first kappa shape index (κ1) is 18.2. The van der Waals surface area contributed by atoms with Gasteiger partial charge in [0.1, 0.15) is 0 Å².